The summed E-state index contributed by atoms with van der Waals surface area (Å²) < 4.78 is 8.90. The molecule has 2 aliphatic heterocycles. The Hall–Kier alpha value is -2.70. The smallest absolute Gasteiger partial charge is 0.261 e. The van der Waals surface area contributed by atoms with E-state index in [1.807, 2.05) is 6.07 Å². The molecule has 7 rings (SSSR count). The fourth-order valence-corrected chi connectivity index (χ4v) is 8.02. The predicted octanol–water partition coefficient (Wildman–Crippen LogP) is 8.02. The zero-order chi connectivity index (χ0) is 24.4. The summed E-state index contributed by atoms with van der Waals surface area (Å²) in [5, 5.41) is 17.9. The van der Waals surface area contributed by atoms with Gasteiger partial charge in [0.15, 0.2) is 5.60 Å². The van der Waals surface area contributed by atoms with Crippen LogP contribution in [0.1, 0.15) is 40.2 Å². The van der Waals surface area contributed by atoms with Crippen molar-refractivity contribution in [2.75, 3.05) is 6.61 Å². The molecule has 0 radical (unpaired) electrons. The van der Waals surface area contributed by atoms with Crippen molar-refractivity contribution in [3.63, 3.8) is 0 Å². The number of benzene rings is 4. The molecular weight excluding hydrogens is 456 g/mol. The number of aromatic hydroxyl groups is 1. The van der Waals surface area contributed by atoms with Gasteiger partial charge in [0.05, 0.1) is 6.61 Å². The van der Waals surface area contributed by atoms with Crippen LogP contribution in [0, 0.1) is 10.8 Å². The first kappa shape index (κ1) is 21.6. The molecule has 5 aromatic rings. The van der Waals surface area contributed by atoms with Gasteiger partial charge in [-0.05, 0) is 46.5 Å². The third-order valence-electron chi connectivity index (χ3n) is 8.21. The molecule has 1 aromatic heterocycles. The van der Waals surface area contributed by atoms with Crippen LogP contribution in [0.3, 0.4) is 0 Å². The van der Waals surface area contributed by atoms with Gasteiger partial charge >= 0.3 is 0 Å². The van der Waals surface area contributed by atoms with E-state index in [2.05, 4.69) is 83.1 Å². The van der Waals surface area contributed by atoms with Gasteiger partial charge in [-0.15, -0.1) is 11.3 Å². The minimum Gasteiger partial charge on any atom is -0.507 e. The molecule has 2 fully saturated rings. The number of fused-ring (bicyclic) bond motifs is 8. The van der Waals surface area contributed by atoms with Crippen LogP contribution in [0.5, 0.6) is 5.75 Å². The van der Waals surface area contributed by atoms with Crippen LogP contribution in [0.4, 0.5) is 0 Å². The van der Waals surface area contributed by atoms with E-state index in [4.69, 9.17) is 14.5 Å². The number of thiophene rings is 1. The lowest BCUT2D eigenvalue weighted by molar-refractivity contribution is -0.626. The van der Waals surface area contributed by atoms with Crippen molar-refractivity contribution in [2.24, 2.45) is 10.8 Å². The molecule has 0 amide bonds. The second-order valence-electron chi connectivity index (χ2n) is 11.7. The maximum Gasteiger partial charge on any atom is 0.261 e. The highest BCUT2D eigenvalue weighted by Crippen LogP contribution is 2.69. The first-order valence-corrected chi connectivity index (χ1v) is 12.9. The second kappa shape index (κ2) is 6.54. The van der Waals surface area contributed by atoms with Crippen LogP contribution >= 0.6 is 11.3 Å². The average Bonchev–Trinajstić information content (AvgIpc) is 3.24. The molecule has 2 atom stereocenters. The molecule has 2 aliphatic rings. The largest absolute Gasteiger partial charge is 0.507 e. The Morgan fingerprint density at radius 1 is 0.829 bits per heavy atom. The Morgan fingerprint density at radius 3 is 2.26 bits per heavy atom. The fraction of sp³-hybridized carbons (Fsp3) is 0.333. The molecule has 0 saturated carbocycles. The summed E-state index contributed by atoms with van der Waals surface area (Å²) >= 11 is 1.78. The molecule has 4 aromatic carbocycles. The maximum absolute atomic E-state index is 11.3. The minimum absolute atomic E-state index is 0.222. The van der Waals surface area contributed by atoms with Gasteiger partial charge in [-0.3, -0.25) is 0 Å². The number of hydrogen-bond donors (Lipinski definition) is 1. The third kappa shape index (κ3) is 2.42. The van der Waals surface area contributed by atoms with E-state index in [1.54, 1.807) is 17.4 Å². The quantitative estimate of drug-likeness (QED) is 0.245. The average molecular weight is 485 g/mol. The van der Waals surface area contributed by atoms with E-state index in [1.165, 1.54) is 25.6 Å². The number of hydrogen-bond acceptors (Lipinski definition) is 5. The summed E-state index contributed by atoms with van der Waals surface area (Å²) in [5.41, 5.74) is -0.468. The first-order chi connectivity index (χ1) is 16.6. The standard InChI is InChI=1S/C30H28O4S/c1-27(2,3)30-28(4,5)16-32-29(30,33-34-30)18-14-21-20(22(31)15-18)11-13-24-26(21)25-19-9-7-6-8-17(19)10-12-23(25)35-24/h6-15,31H,16H2,1-5H3. The van der Waals surface area contributed by atoms with Crippen LogP contribution in [0.15, 0.2) is 60.7 Å². The molecule has 5 heteroatoms. The van der Waals surface area contributed by atoms with E-state index < -0.39 is 11.4 Å². The lowest BCUT2D eigenvalue weighted by Crippen LogP contribution is -2.73. The molecule has 35 heavy (non-hydrogen) atoms. The van der Waals surface area contributed by atoms with Gasteiger partial charge in [-0.25, -0.2) is 4.89 Å². The van der Waals surface area contributed by atoms with Gasteiger partial charge in [0, 0.05) is 42.0 Å². The van der Waals surface area contributed by atoms with Crippen molar-refractivity contribution in [3.05, 3.63) is 66.2 Å². The number of phenolic OH excluding ortho intramolecular Hbond substituents is 1. The van der Waals surface area contributed by atoms with Crippen LogP contribution in [-0.2, 0) is 20.3 Å². The minimum atomic E-state index is -1.09. The van der Waals surface area contributed by atoms with Crippen LogP contribution < -0.4 is 0 Å². The molecule has 178 valence electrons. The summed E-state index contributed by atoms with van der Waals surface area (Å²) in [6, 6.07) is 21.0. The van der Waals surface area contributed by atoms with Crippen molar-refractivity contribution in [2.45, 2.75) is 46.0 Å². The first-order valence-electron chi connectivity index (χ1n) is 12.1. The van der Waals surface area contributed by atoms with Gasteiger partial charge in [-0.1, -0.05) is 65.0 Å². The molecule has 2 saturated heterocycles. The van der Waals surface area contributed by atoms with Crippen molar-refractivity contribution in [1.82, 2.24) is 0 Å². The SMILES string of the molecule is CC(C)(C)C12OOC1(c1cc(O)c3ccc4sc5ccc6ccccc6c5c4c3c1)OCC2(C)C. The van der Waals surface area contributed by atoms with Gasteiger partial charge in [-0.2, -0.15) is 4.89 Å². The van der Waals surface area contributed by atoms with Gasteiger partial charge < -0.3 is 9.84 Å². The zero-order valence-electron chi connectivity index (χ0n) is 20.6. The summed E-state index contributed by atoms with van der Waals surface area (Å²) in [6.07, 6.45) is 0. The molecule has 0 aliphatic carbocycles. The topological polar surface area (TPSA) is 47.9 Å². The summed E-state index contributed by atoms with van der Waals surface area (Å²) in [5.74, 6) is -0.865. The molecular formula is C30H28O4S. The van der Waals surface area contributed by atoms with Crippen molar-refractivity contribution >= 4 is 53.1 Å². The highest BCUT2D eigenvalue weighted by Gasteiger charge is 2.81. The van der Waals surface area contributed by atoms with Crippen LogP contribution in [0.25, 0.3) is 41.7 Å². The molecule has 3 heterocycles. The van der Waals surface area contributed by atoms with Crippen LogP contribution in [0.2, 0.25) is 0 Å². The third-order valence-corrected chi connectivity index (χ3v) is 9.33. The summed E-state index contributed by atoms with van der Waals surface area (Å²) in [7, 11) is 0. The molecule has 0 bridgehead atoms. The van der Waals surface area contributed by atoms with Gasteiger partial charge in [0.1, 0.15) is 5.75 Å². The van der Waals surface area contributed by atoms with E-state index in [0.29, 0.717) is 6.61 Å². The summed E-state index contributed by atoms with van der Waals surface area (Å²) in [4.78, 5) is 11.9. The lowest BCUT2D eigenvalue weighted by Gasteiger charge is -2.61. The van der Waals surface area contributed by atoms with E-state index in [-0.39, 0.29) is 16.6 Å². The lowest BCUT2D eigenvalue weighted by atomic mass is 9.57. The Balaban J connectivity index is 1.59. The number of rotatable bonds is 1. The fourth-order valence-electron chi connectivity index (χ4n) is 6.88. The highest BCUT2D eigenvalue weighted by atomic mass is 32.1. The molecule has 1 N–H and O–H groups in total. The van der Waals surface area contributed by atoms with E-state index in [9.17, 15) is 5.11 Å². The maximum atomic E-state index is 11.3. The predicted molar refractivity (Wildman–Crippen MR) is 142 cm³/mol. The Bertz CT molecular complexity index is 1690. The molecule has 4 nitrogen and oxygen atoms in total. The number of ether oxygens (including phenoxy) is 1. The molecule has 2 unspecified atom stereocenters. The van der Waals surface area contributed by atoms with Gasteiger partial charge in [0.25, 0.3) is 5.79 Å². The zero-order valence-corrected chi connectivity index (χ0v) is 21.4. The Kier molecular flexibility index (Phi) is 4.03. The Morgan fingerprint density at radius 2 is 1.54 bits per heavy atom. The number of phenols is 1. The molecule has 0 spiro atoms. The monoisotopic (exact) mass is 484 g/mol. The van der Waals surface area contributed by atoms with Crippen molar-refractivity contribution in [3.8, 4) is 5.75 Å². The highest BCUT2D eigenvalue weighted by molar-refractivity contribution is 7.26. The van der Waals surface area contributed by atoms with Crippen LogP contribution in [-0.4, -0.2) is 17.3 Å². The van der Waals surface area contributed by atoms with Gasteiger partial charge in [0.2, 0.25) is 0 Å². The second-order valence-corrected chi connectivity index (χ2v) is 12.8. The van der Waals surface area contributed by atoms with E-state index in [0.717, 1.165) is 21.7 Å². The Labute approximate surface area is 208 Å². The van der Waals surface area contributed by atoms with Crippen molar-refractivity contribution < 1.29 is 19.6 Å². The van der Waals surface area contributed by atoms with E-state index >= 15 is 0 Å². The normalized spacial score (nSPS) is 26.0. The summed E-state index contributed by atoms with van der Waals surface area (Å²) in [6.45, 7) is 11.3. The van der Waals surface area contributed by atoms with Crippen molar-refractivity contribution in [1.29, 1.82) is 0 Å².